The Balaban J connectivity index is 2.29. The second-order valence-corrected chi connectivity index (χ2v) is 7.61. The molecule has 1 atom stereocenters. The predicted octanol–water partition coefficient (Wildman–Crippen LogP) is 2.85. The number of nitrogens with one attached hydrogen (secondary N) is 2. The van der Waals surface area contributed by atoms with E-state index in [1.165, 1.54) is 11.8 Å². The largest absolute Gasteiger partial charge is 0.455 e. The molecule has 0 saturated carbocycles. The van der Waals surface area contributed by atoms with Crippen LogP contribution in [0.15, 0.2) is 28.7 Å². The molecule has 0 heterocycles. The molecule has 0 fully saturated rings. The second-order valence-electron chi connectivity index (χ2n) is 5.36. The van der Waals surface area contributed by atoms with Crippen LogP contribution in [0.5, 0.6) is 0 Å². The van der Waals surface area contributed by atoms with Crippen LogP contribution in [0.25, 0.3) is 0 Å². The zero-order valence-corrected chi connectivity index (χ0v) is 16.2. The number of urea groups is 1. The lowest BCUT2D eigenvalue weighted by Gasteiger charge is -2.12. The maximum Gasteiger partial charge on any atom is 0.321 e. The van der Waals surface area contributed by atoms with Gasteiger partial charge in [-0.2, -0.15) is 0 Å². The number of carbonyl (C=O) groups is 3. The monoisotopic (exact) mass is 416 g/mol. The van der Waals surface area contributed by atoms with Crippen molar-refractivity contribution in [2.75, 3.05) is 6.61 Å². The molecule has 0 unspecified atom stereocenters. The number of imide groups is 1. The summed E-state index contributed by atoms with van der Waals surface area (Å²) in [6, 6.07) is 7.11. The number of hydrogen-bond donors (Lipinski definition) is 2. The standard InChI is InChI=1S/C16H21BrN2O4S/c1-10(2)18-16(22)19-14(20)8-23-15(21)11(3)24-9-12-4-6-13(17)7-5-12/h4-7,10-11H,8-9H2,1-3H3,(H2,18,19,20,22)/t11-/m0/s1. The molecular weight excluding hydrogens is 396 g/mol. The molecule has 1 rings (SSSR count). The first-order valence-corrected chi connectivity index (χ1v) is 9.25. The van der Waals surface area contributed by atoms with Gasteiger partial charge in [-0.1, -0.05) is 28.1 Å². The van der Waals surface area contributed by atoms with Crippen molar-refractivity contribution in [1.82, 2.24) is 10.6 Å². The van der Waals surface area contributed by atoms with Crippen LogP contribution >= 0.6 is 27.7 Å². The highest BCUT2D eigenvalue weighted by Crippen LogP contribution is 2.20. The van der Waals surface area contributed by atoms with Gasteiger partial charge in [-0.05, 0) is 38.5 Å². The smallest absolute Gasteiger partial charge is 0.321 e. The maximum atomic E-state index is 11.9. The van der Waals surface area contributed by atoms with Crippen molar-refractivity contribution in [1.29, 1.82) is 0 Å². The number of ether oxygens (including phenoxy) is 1. The molecule has 8 heteroatoms. The van der Waals surface area contributed by atoms with Crippen LogP contribution in [0.2, 0.25) is 0 Å². The van der Waals surface area contributed by atoms with E-state index in [0.717, 1.165) is 10.0 Å². The molecule has 132 valence electrons. The van der Waals surface area contributed by atoms with E-state index in [2.05, 4.69) is 26.6 Å². The van der Waals surface area contributed by atoms with E-state index in [1.807, 2.05) is 24.3 Å². The van der Waals surface area contributed by atoms with Crippen molar-refractivity contribution in [3.63, 3.8) is 0 Å². The van der Waals surface area contributed by atoms with Gasteiger partial charge in [0.2, 0.25) is 0 Å². The van der Waals surface area contributed by atoms with Crippen molar-refractivity contribution in [3.05, 3.63) is 34.3 Å². The van der Waals surface area contributed by atoms with Crippen LogP contribution in [0.3, 0.4) is 0 Å². The Morgan fingerprint density at radius 3 is 2.38 bits per heavy atom. The first-order chi connectivity index (χ1) is 11.3. The normalized spacial score (nSPS) is 11.7. The minimum atomic E-state index is -0.661. The van der Waals surface area contributed by atoms with Gasteiger partial charge in [0.25, 0.3) is 5.91 Å². The highest BCUT2D eigenvalue weighted by molar-refractivity contribution is 9.10. The van der Waals surface area contributed by atoms with Crippen molar-refractivity contribution in [2.24, 2.45) is 0 Å². The molecule has 24 heavy (non-hydrogen) atoms. The van der Waals surface area contributed by atoms with Gasteiger partial charge in [-0.15, -0.1) is 11.8 Å². The lowest BCUT2D eigenvalue weighted by molar-refractivity contribution is -0.147. The average Bonchev–Trinajstić information content (AvgIpc) is 2.50. The molecule has 0 saturated heterocycles. The second kappa shape index (κ2) is 10.4. The third kappa shape index (κ3) is 8.35. The Morgan fingerprint density at radius 2 is 1.79 bits per heavy atom. The summed E-state index contributed by atoms with van der Waals surface area (Å²) in [5.74, 6) is -0.491. The third-order valence-electron chi connectivity index (χ3n) is 2.76. The zero-order chi connectivity index (χ0) is 18.1. The lowest BCUT2D eigenvalue weighted by atomic mass is 10.2. The van der Waals surface area contributed by atoms with Crippen LogP contribution in [-0.4, -0.2) is 35.8 Å². The van der Waals surface area contributed by atoms with Gasteiger partial charge in [0, 0.05) is 16.3 Å². The van der Waals surface area contributed by atoms with E-state index in [1.54, 1.807) is 20.8 Å². The molecule has 1 aromatic carbocycles. The van der Waals surface area contributed by atoms with Gasteiger partial charge in [0.15, 0.2) is 6.61 Å². The third-order valence-corrected chi connectivity index (χ3v) is 4.48. The van der Waals surface area contributed by atoms with Crippen molar-refractivity contribution in [2.45, 2.75) is 37.8 Å². The van der Waals surface area contributed by atoms with Gasteiger partial charge in [-0.25, -0.2) is 4.79 Å². The van der Waals surface area contributed by atoms with E-state index >= 15 is 0 Å². The summed E-state index contributed by atoms with van der Waals surface area (Å²) in [6.07, 6.45) is 0. The Bertz CT molecular complexity index is 578. The predicted molar refractivity (Wildman–Crippen MR) is 97.7 cm³/mol. The highest BCUT2D eigenvalue weighted by atomic mass is 79.9. The summed E-state index contributed by atoms with van der Waals surface area (Å²) < 4.78 is 5.92. The molecule has 1 aromatic rings. The van der Waals surface area contributed by atoms with E-state index < -0.39 is 29.8 Å². The SMILES string of the molecule is CC(C)NC(=O)NC(=O)COC(=O)[C@H](C)SCc1ccc(Br)cc1. The van der Waals surface area contributed by atoms with Crippen LogP contribution in [-0.2, 0) is 20.1 Å². The molecule has 0 aliphatic heterocycles. The summed E-state index contributed by atoms with van der Waals surface area (Å²) in [5.41, 5.74) is 1.09. The Hall–Kier alpha value is -1.54. The number of benzene rings is 1. The molecule has 0 aliphatic carbocycles. The minimum absolute atomic E-state index is 0.0876. The fourth-order valence-electron chi connectivity index (χ4n) is 1.58. The Kier molecular flexibility index (Phi) is 8.84. The van der Waals surface area contributed by atoms with Crippen LogP contribution in [0, 0.1) is 0 Å². The first-order valence-electron chi connectivity index (χ1n) is 7.41. The fraction of sp³-hybridized carbons (Fsp3) is 0.438. The summed E-state index contributed by atoms with van der Waals surface area (Å²) >= 11 is 4.78. The first kappa shape index (κ1) is 20.5. The number of amides is 3. The molecule has 0 spiro atoms. The van der Waals surface area contributed by atoms with Gasteiger partial charge < -0.3 is 10.1 Å². The van der Waals surface area contributed by atoms with Gasteiger partial charge >= 0.3 is 12.0 Å². The van der Waals surface area contributed by atoms with E-state index in [4.69, 9.17) is 4.74 Å². The van der Waals surface area contributed by atoms with Gasteiger partial charge in [0.05, 0.1) is 5.25 Å². The van der Waals surface area contributed by atoms with Crippen LogP contribution < -0.4 is 10.6 Å². The van der Waals surface area contributed by atoms with Crippen molar-refractivity contribution in [3.8, 4) is 0 Å². The molecule has 2 N–H and O–H groups in total. The van der Waals surface area contributed by atoms with Crippen molar-refractivity contribution >= 4 is 45.6 Å². The summed E-state index contributed by atoms with van der Waals surface area (Å²) in [7, 11) is 0. The average molecular weight is 417 g/mol. The minimum Gasteiger partial charge on any atom is -0.455 e. The van der Waals surface area contributed by atoms with Gasteiger partial charge in [-0.3, -0.25) is 14.9 Å². The fourth-order valence-corrected chi connectivity index (χ4v) is 2.69. The molecular formula is C16H21BrN2O4S. The van der Waals surface area contributed by atoms with Gasteiger partial charge in [0.1, 0.15) is 0 Å². The Labute approximate surface area is 154 Å². The maximum absolute atomic E-state index is 11.9. The number of thioether (sulfide) groups is 1. The topological polar surface area (TPSA) is 84.5 Å². The number of hydrogen-bond acceptors (Lipinski definition) is 5. The number of carbonyl (C=O) groups excluding carboxylic acids is 3. The Morgan fingerprint density at radius 1 is 1.17 bits per heavy atom. The number of esters is 1. The number of rotatable bonds is 7. The lowest BCUT2D eigenvalue weighted by Crippen LogP contribution is -2.44. The summed E-state index contributed by atoms with van der Waals surface area (Å²) in [6.45, 7) is 4.78. The zero-order valence-electron chi connectivity index (χ0n) is 13.8. The van der Waals surface area contributed by atoms with E-state index in [0.29, 0.717) is 5.75 Å². The summed E-state index contributed by atoms with van der Waals surface area (Å²) in [4.78, 5) is 34.7. The molecule has 0 radical (unpaired) electrons. The summed E-state index contributed by atoms with van der Waals surface area (Å²) in [5, 5.41) is 4.19. The molecule has 0 aromatic heterocycles. The number of halogens is 1. The van der Waals surface area contributed by atoms with Crippen LogP contribution in [0.4, 0.5) is 4.79 Å². The van der Waals surface area contributed by atoms with E-state index in [-0.39, 0.29) is 6.04 Å². The highest BCUT2D eigenvalue weighted by Gasteiger charge is 2.17. The van der Waals surface area contributed by atoms with Crippen molar-refractivity contribution < 1.29 is 19.1 Å². The molecule has 6 nitrogen and oxygen atoms in total. The molecule has 3 amide bonds. The molecule has 0 bridgehead atoms. The quantitative estimate of drug-likeness (QED) is 0.667. The molecule has 0 aliphatic rings. The van der Waals surface area contributed by atoms with E-state index in [9.17, 15) is 14.4 Å². The van der Waals surface area contributed by atoms with Crippen LogP contribution in [0.1, 0.15) is 26.3 Å².